The predicted octanol–water partition coefficient (Wildman–Crippen LogP) is 1.17. The van der Waals surface area contributed by atoms with Crippen LogP contribution in [0.15, 0.2) is 0 Å². The van der Waals surface area contributed by atoms with Crippen LogP contribution in [0, 0.1) is 5.92 Å². The molecule has 0 spiro atoms. The molecule has 2 aliphatic heterocycles. The lowest BCUT2D eigenvalue weighted by Gasteiger charge is -2.40. The molecule has 2 unspecified atom stereocenters. The Morgan fingerprint density at radius 1 is 1.16 bits per heavy atom. The smallest absolute Gasteiger partial charge is 0.282 e. The summed E-state index contributed by atoms with van der Waals surface area (Å²) in [4.78, 5) is 0. The van der Waals surface area contributed by atoms with E-state index in [1.165, 1.54) is 0 Å². The number of nitrogens with zero attached hydrogens (tertiary/aromatic N) is 2. The van der Waals surface area contributed by atoms with Crippen LogP contribution >= 0.6 is 0 Å². The second-order valence-corrected chi connectivity index (χ2v) is 7.83. The van der Waals surface area contributed by atoms with Crippen LogP contribution in [0.3, 0.4) is 0 Å². The van der Waals surface area contributed by atoms with Gasteiger partial charge in [0.15, 0.2) is 0 Å². The normalized spacial score (nSPS) is 31.5. The van der Waals surface area contributed by atoms with E-state index in [0.29, 0.717) is 32.1 Å². The minimum absolute atomic E-state index is 0.112. The zero-order valence-corrected chi connectivity index (χ0v) is 12.7. The number of rotatable bonds is 4. The van der Waals surface area contributed by atoms with Crippen LogP contribution in [0.4, 0.5) is 0 Å². The maximum absolute atomic E-state index is 12.8. The summed E-state index contributed by atoms with van der Waals surface area (Å²) < 4.78 is 29.0. The Bertz CT molecular complexity index is 383. The van der Waals surface area contributed by atoms with Crippen molar-refractivity contribution in [1.29, 1.82) is 0 Å². The Kier molecular flexibility index (Phi) is 5.22. The van der Waals surface area contributed by atoms with Gasteiger partial charge in [-0.15, -0.1) is 0 Å². The van der Waals surface area contributed by atoms with Crippen LogP contribution in [0.2, 0.25) is 0 Å². The fraction of sp³-hybridized carbons (Fsp3) is 1.00. The largest absolute Gasteiger partial charge is 0.330 e. The Morgan fingerprint density at radius 3 is 2.63 bits per heavy atom. The molecule has 0 aromatic carbocycles. The van der Waals surface area contributed by atoms with E-state index in [1.807, 2.05) is 0 Å². The molecule has 0 radical (unpaired) electrons. The number of hydrogen-bond donors (Lipinski definition) is 1. The summed E-state index contributed by atoms with van der Waals surface area (Å²) in [6.07, 6.45) is 5.95. The van der Waals surface area contributed by atoms with Gasteiger partial charge in [0, 0.05) is 25.7 Å². The predicted molar refractivity (Wildman–Crippen MR) is 76.9 cm³/mol. The Balaban J connectivity index is 2.11. The van der Waals surface area contributed by atoms with Crippen LogP contribution in [0.5, 0.6) is 0 Å². The molecule has 0 aromatic heterocycles. The second kappa shape index (κ2) is 6.52. The van der Waals surface area contributed by atoms with E-state index in [1.54, 1.807) is 8.61 Å². The minimum Gasteiger partial charge on any atom is -0.330 e. The molecule has 2 atom stereocenters. The average molecular weight is 289 g/mol. The summed E-state index contributed by atoms with van der Waals surface area (Å²) in [5, 5.41) is 0. The molecule has 112 valence electrons. The summed E-state index contributed by atoms with van der Waals surface area (Å²) in [7, 11) is -3.28. The van der Waals surface area contributed by atoms with Gasteiger partial charge in [0.1, 0.15) is 0 Å². The van der Waals surface area contributed by atoms with Gasteiger partial charge in [-0.1, -0.05) is 13.3 Å². The van der Waals surface area contributed by atoms with Gasteiger partial charge in [-0.2, -0.15) is 17.0 Å². The molecule has 0 amide bonds. The fourth-order valence-corrected chi connectivity index (χ4v) is 5.31. The van der Waals surface area contributed by atoms with E-state index < -0.39 is 10.2 Å². The molecule has 0 aromatic rings. The molecule has 2 fully saturated rings. The lowest BCUT2D eigenvalue weighted by atomic mass is 10.0. The van der Waals surface area contributed by atoms with Gasteiger partial charge in [-0.25, -0.2) is 0 Å². The van der Waals surface area contributed by atoms with Crippen molar-refractivity contribution in [2.75, 3.05) is 26.2 Å². The van der Waals surface area contributed by atoms with Crippen molar-refractivity contribution in [2.24, 2.45) is 11.7 Å². The first-order valence-electron chi connectivity index (χ1n) is 7.52. The van der Waals surface area contributed by atoms with Crippen molar-refractivity contribution < 1.29 is 8.42 Å². The molecular weight excluding hydrogens is 262 g/mol. The topological polar surface area (TPSA) is 66.6 Å². The van der Waals surface area contributed by atoms with E-state index in [0.717, 1.165) is 38.5 Å². The highest BCUT2D eigenvalue weighted by Crippen LogP contribution is 2.27. The first kappa shape index (κ1) is 15.2. The van der Waals surface area contributed by atoms with E-state index in [9.17, 15) is 8.42 Å². The zero-order chi connectivity index (χ0) is 13.9. The van der Waals surface area contributed by atoms with Crippen molar-refractivity contribution >= 4 is 10.2 Å². The molecule has 2 aliphatic rings. The summed E-state index contributed by atoms with van der Waals surface area (Å²) in [6.45, 7) is 4.72. The van der Waals surface area contributed by atoms with Gasteiger partial charge in [0.25, 0.3) is 10.2 Å². The molecule has 0 bridgehead atoms. The molecule has 0 saturated carbocycles. The molecule has 2 rings (SSSR count). The van der Waals surface area contributed by atoms with E-state index in [-0.39, 0.29) is 6.04 Å². The number of hydrogen-bond acceptors (Lipinski definition) is 3. The average Bonchev–Trinajstić information content (AvgIpc) is 2.39. The van der Waals surface area contributed by atoms with E-state index >= 15 is 0 Å². The lowest BCUT2D eigenvalue weighted by Crippen LogP contribution is -2.53. The van der Waals surface area contributed by atoms with Crippen molar-refractivity contribution in [3.63, 3.8) is 0 Å². The summed E-state index contributed by atoms with van der Waals surface area (Å²) in [5.41, 5.74) is 5.63. The van der Waals surface area contributed by atoms with Crippen LogP contribution in [-0.4, -0.2) is 49.2 Å². The summed E-state index contributed by atoms with van der Waals surface area (Å²) in [5.74, 6) is 0.473. The first-order valence-corrected chi connectivity index (χ1v) is 8.92. The molecule has 19 heavy (non-hydrogen) atoms. The van der Waals surface area contributed by atoms with Gasteiger partial charge in [0.05, 0.1) is 0 Å². The summed E-state index contributed by atoms with van der Waals surface area (Å²) in [6, 6.07) is 0.112. The van der Waals surface area contributed by atoms with E-state index in [2.05, 4.69) is 6.92 Å². The lowest BCUT2D eigenvalue weighted by molar-refractivity contribution is 0.205. The van der Waals surface area contributed by atoms with E-state index in [4.69, 9.17) is 5.73 Å². The maximum atomic E-state index is 12.8. The van der Waals surface area contributed by atoms with Crippen LogP contribution in [-0.2, 0) is 10.2 Å². The molecule has 2 N–H and O–H groups in total. The highest BCUT2D eigenvalue weighted by molar-refractivity contribution is 7.86. The molecular formula is C13H27N3O2S. The summed E-state index contributed by atoms with van der Waals surface area (Å²) >= 11 is 0. The second-order valence-electron chi connectivity index (χ2n) is 5.95. The van der Waals surface area contributed by atoms with Crippen molar-refractivity contribution in [2.45, 2.75) is 51.5 Å². The minimum atomic E-state index is -3.28. The zero-order valence-electron chi connectivity index (χ0n) is 11.9. The van der Waals surface area contributed by atoms with Gasteiger partial charge < -0.3 is 5.73 Å². The standard InChI is InChI=1S/C13H27N3O2S/c1-12-5-4-9-15(11-12)19(17,18)16-10-3-2-6-13(16)7-8-14/h12-13H,2-11,14H2,1H3. The third kappa shape index (κ3) is 3.48. The monoisotopic (exact) mass is 289 g/mol. The number of piperidine rings is 2. The number of nitrogens with two attached hydrogens (primary N) is 1. The Hall–Kier alpha value is -0.170. The molecule has 6 heteroatoms. The third-order valence-corrected chi connectivity index (χ3v) is 6.37. The van der Waals surface area contributed by atoms with Gasteiger partial charge >= 0.3 is 0 Å². The van der Waals surface area contributed by atoms with Crippen LogP contribution in [0.1, 0.15) is 45.4 Å². The van der Waals surface area contributed by atoms with Crippen LogP contribution in [0.25, 0.3) is 0 Å². The van der Waals surface area contributed by atoms with Gasteiger partial charge in [-0.05, 0) is 44.6 Å². The SMILES string of the molecule is CC1CCCN(S(=O)(=O)N2CCCCC2CCN)C1. The van der Waals surface area contributed by atoms with Gasteiger partial charge in [-0.3, -0.25) is 0 Å². The molecule has 0 aliphatic carbocycles. The molecule has 2 heterocycles. The molecule has 5 nitrogen and oxygen atoms in total. The fourth-order valence-electron chi connectivity index (χ4n) is 3.26. The van der Waals surface area contributed by atoms with Crippen molar-refractivity contribution in [3.8, 4) is 0 Å². The van der Waals surface area contributed by atoms with Crippen molar-refractivity contribution in [3.05, 3.63) is 0 Å². The maximum Gasteiger partial charge on any atom is 0.282 e. The van der Waals surface area contributed by atoms with Crippen LogP contribution < -0.4 is 5.73 Å². The highest BCUT2D eigenvalue weighted by atomic mass is 32.2. The van der Waals surface area contributed by atoms with Gasteiger partial charge in [0.2, 0.25) is 0 Å². The third-order valence-electron chi connectivity index (χ3n) is 4.32. The van der Waals surface area contributed by atoms with Crippen molar-refractivity contribution in [1.82, 2.24) is 8.61 Å². The molecule has 2 saturated heterocycles. The first-order chi connectivity index (χ1) is 9.05. The Labute approximate surface area is 117 Å². The Morgan fingerprint density at radius 2 is 1.95 bits per heavy atom. The highest BCUT2D eigenvalue weighted by Gasteiger charge is 2.37. The quantitative estimate of drug-likeness (QED) is 0.844.